The molecule has 0 N–H and O–H groups in total. The van der Waals surface area contributed by atoms with E-state index in [-0.39, 0.29) is 18.3 Å². The Hall–Kier alpha value is -3.39. The highest BCUT2D eigenvalue weighted by Gasteiger charge is 2.46. The van der Waals surface area contributed by atoms with E-state index in [1.807, 2.05) is 48.6 Å². The molecule has 1 spiro atoms. The summed E-state index contributed by atoms with van der Waals surface area (Å²) >= 11 is 0. The van der Waals surface area contributed by atoms with Gasteiger partial charge in [-0.1, -0.05) is 55.0 Å². The lowest BCUT2D eigenvalue weighted by atomic mass is 9.94. The SMILES string of the molecule is C=CC[C@H](CCOCc1ccc(OC)cc1)OC(=O)c1c(/C=C/[C@@H]2OC3(CCCCC3)O[C@H]2C=C)cccc1OC. The molecule has 0 unspecified atom stereocenters. The van der Waals surface area contributed by atoms with Crippen molar-refractivity contribution in [1.29, 1.82) is 0 Å². The van der Waals surface area contributed by atoms with Gasteiger partial charge in [-0.3, -0.25) is 0 Å². The van der Waals surface area contributed by atoms with E-state index in [1.54, 1.807) is 32.4 Å². The lowest BCUT2D eigenvalue weighted by Gasteiger charge is -2.31. The van der Waals surface area contributed by atoms with Crippen LogP contribution in [0.25, 0.3) is 6.08 Å². The van der Waals surface area contributed by atoms with E-state index < -0.39 is 11.8 Å². The van der Waals surface area contributed by atoms with E-state index in [0.29, 0.717) is 42.9 Å². The van der Waals surface area contributed by atoms with E-state index in [1.165, 1.54) is 6.42 Å². The zero-order chi connectivity index (χ0) is 29.1. The number of ether oxygens (including phenoxy) is 6. The second kappa shape index (κ2) is 15.0. The molecule has 7 nitrogen and oxygen atoms in total. The number of hydrogen-bond acceptors (Lipinski definition) is 7. The van der Waals surface area contributed by atoms with Gasteiger partial charge in [0, 0.05) is 25.7 Å². The fourth-order valence-corrected chi connectivity index (χ4v) is 5.34. The van der Waals surface area contributed by atoms with E-state index >= 15 is 0 Å². The molecule has 41 heavy (non-hydrogen) atoms. The van der Waals surface area contributed by atoms with Crippen LogP contribution in [-0.2, 0) is 25.6 Å². The maximum absolute atomic E-state index is 13.5. The summed E-state index contributed by atoms with van der Waals surface area (Å²) < 4.78 is 35.3. The maximum Gasteiger partial charge on any atom is 0.342 e. The fourth-order valence-electron chi connectivity index (χ4n) is 5.34. The molecular weight excluding hydrogens is 520 g/mol. The molecule has 2 aliphatic rings. The van der Waals surface area contributed by atoms with Crippen molar-refractivity contribution < 1.29 is 33.2 Å². The van der Waals surface area contributed by atoms with Gasteiger partial charge in [-0.2, -0.15) is 0 Å². The van der Waals surface area contributed by atoms with E-state index in [4.69, 9.17) is 28.4 Å². The summed E-state index contributed by atoms with van der Waals surface area (Å²) in [5.41, 5.74) is 2.08. The fraction of sp³-hybridized carbons (Fsp3) is 0.441. The number of benzene rings is 2. The quantitative estimate of drug-likeness (QED) is 0.139. The van der Waals surface area contributed by atoms with Crippen LogP contribution in [0.3, 0.4) is 0 Å². The van der Waals surface area contributed by atoms with Crippen molar-refractivity contribution in [3.05, 3.63) is 90.5 Å². The zero-order valence-electron chi connectivity index (χ0n) is 24.2. The average Bonchev–Trinajstić information content (AvgIpc) is 3.34. The number of esters is 1. The summed E-state index contributed by atoms with van der Waals surface area (Å²) in [4.78, 5) is 13.5. The third-order valence-electron chi connectivity index (χ3n) is 7.54. The third kappa shape index (κ3) is 8.09. The molecule has 2 aromatic carbocycles. The molecule has 1 aliphatic carbocycles. The first kappa shape index (κ1) is 30.6. The lowest BCUT2D eigenvalue weighted by Crippen LogP contribution is -2.33. The Kier molecular flexibility index (Phi) is 11.2. The highest BCUT2D eigenvalue weighted by molar-refractivity contribution is 5.96. The molecule has 1 saturated carbocycles. The van der Waals surface area contributed by atoms with Crippen LogP contribution in [0.15, 0.2) is 73.9 Å². The van der Waals surface area contributed by atoms with Crippen LogP contribution < -0.4 is 9.47 Å². The molecule has 220 valence electrons. The highest BCUT2D eigenvalue weighted by Crippen LogP contribution is 2.41. The first-order valence-corrected chi connectivity index (χ1v) is 14.4. The van der Waals surface area contributed by atoms with Crippen LogP contribution in [-0.4, -0.2) is 50.9 Å². The third-order valence-corrected chi connectivity index (χ3v) is 7.54. The Morgan fingerprint density at radius 2 is 1.78 bits per heavy atom. The molecule has 3 atom stereocenters. The highest BCUT2D eigenvalue weighted by atomic mass is 16.8. The van der Waals surface area contributed by atoms with Gasteiger partial charge in [-0.05, 0) is 42.2 Å². The standard InChI is InChI=1S/C34H42O7/c1-5-11-28(20-23-38-24-25-14-17-27(36-3)18-15-25)39-33(35)32-26(12-10-13-31(32)37-4)16-19-30-29(6-2)40-34(41-30)21-8-7-9-22-34/h5-6,10,12-19,28-30H,1-2,7-9,11,20-24H2,3-4H3/b19-16+/t28-,29+,30+/m1/s1. The summed E-state index contributed by atoms with van der Waals surface area (Å²) in [6.07, 6.45) is 12.6. The van der Waals surface area contributed by atoms with Gasteiger partial charge in [0.1, 0.15) is 35.4 Å². The molecule has 1 saturated heterocycles. The number of carbonyl (C=O) groups is 1. The van der Waals surface area contributed by atoms with Crippen molar-refractivity contribution in [3.8, 4) is 11.5 Å². The van der Waals surface area contributed by atoms with Crippen LogP contribution >= 0.6 is 0 Å². The van der Waals surface area contributed by atoms with Gasteiger partial charge in [0.05, 0.1) is 27.4 Å². The predicted molar refractivity (Wildman–Crippen MR) is 159 cm³/mol. The smallest absolute Gasteiger partial charge is 0.342 e. The molecule has 0 aromatic heterocycles. The first-order valence-electron chi connectivity index (χ1n) is 14.4. The largest absolute Gasteiger partial charge is 0.497 e. The zero-order valence-corrected chi connectivity index (χ0v) is 24.2. The van der Waals surface area contributed by atoms with Crippen molar-refractivity contribution in [3.63, 3.8) is 0 Å². The van der Waals surface area contributed by atoms with Crippen LogP contribution in [0.1, 0.15) is 66.4 Å². The second-order valence-corrected chi connectivity index (χ2v) is 10.4. The molecule has 2 aromatic rings. The Balaban J connectivity index is 1.41. The molecule has 1 heterocycles. The van der Waals surface area contributed by atoms with Crippen LogP contribution in [0.5, 0.6) is 11.5 Å². The Morgan fingerprint density at radius 1 is 1.02 bits per heavy atom. The Morgan fingerprint density at radius 3 is 2.46 bits per heavy atom. The summed E-state index contributed by atoms with van der Waals surface area (Å²) in [6.45, 7) is 8.67. The van der Waals surface area contributed by atoms with Crippen molar-refractivity contribution in [2.24, 2.45) is 0 Å². The van der Waals surface area contributed by atoms with Crippen molar-refractivity contribution in [2.75, 3.05) is 20.8 Å². The predicted octanol–water partition coefficient (Wildman–Crippen LogP) is 7.06. The monoisotopic (exact) mass is 562 g/mol. The molecule has 0 radical (unpaired) electrons. The van der Waals surface area contributed by atoms with E-state index in [0.717, 1.165) is 37.0 Å². The Labute approximate surface area is 243 Å². The summed E-state index contributed by atoms with van der Waals surface area (Å²) in [7, 11) is 3.18. The molecule has 0 amide bonds. The van der Waals surface area contributed by atoms with Gasteiger partial charge >= 0.3 is 5.97 Å². The molecule has 1 aliphatic heterocycles. The average molecular weight is 563 g/mol. The van der Waals surface area contributed by atoms with E-state index in [2.05, 4.69) is 13.2 Å². The van der Waals surface area contributed by atoms with Gasteiger partial charge in [0.2, 0.25) is 0 Å². The number of methoxy groups -OCH3 is 2. The minimum Gasteiger partial charge on any atom is -0.497 e. The topological polar surface area (TPSA) is 72.5 Å². The number of carbonyl (C=O) groups excluding carboxylic acids is 1. The minimum atomic E-state index is -0.546. The maximum atomic E-state index is 13.5. The summed E-state index contributed by atoms with van der Waals surface area (Å²) in [5.74, 6) is 0.236. The van der Waals surface area contributed by atoms with Gasteiger partial charge in [-0.15, -0.1) is 13.2 Å². The molecule has 0 bridgehead atoms. The summed E-state index contributed by atoms with van der Waals surface area (Å²) in [6, 6.07) is 13.2. The van der Waals surface area contributed by atoms with Crippen molar-refractivity contribution >= 4 is 12.0 Å². The minimum absolute atomic E-state index is 0.250. The number of rotatable bonds is 14. The lowest BCUT2D eigenvalue weighted by molar-refractivity contribution is -0.187. The van der Waals surface area contributed by atoms with Crippen LogP contribution in [0, 0.1) is 0 Å². The van der Waals surface area contributed by atoms with Crippen molar-refractivity contribution in [1.82, 2.24) is 0 Å². The molecule has 4 rings (SSSR count). The van der Waals surface area contributed by atoms with Gasteiger partial charge in [-0.25, -0.2) is 4.79 Å². The van der Waals surface area contributed by atoms with E-state index in [9.17, 15) is 4.79 Å². The summed E-state index contributed by atoms with van der Waals surface area (Å²) in [5, 5.41) is 0. The Bertz CT molecular complexity index is 1180. The molecular formula is C34H42O7. The second-order valence-electron chi connectivity index (χ2n) is 10.4. The van der Waals surface area contributed by atoms with Gasteiger partial charge in [0.15, 0.2) is 5.79 Å². The number of hydrogen-bond donors (Lipinski definition) is 0. The van der Waals surface area contributed by atoms with Crippen molar-refractivity contribution in [2.45, 2.75) is 75.7 Å². The van der Waals surface area contributed by atoms with Gasteiger partial charge < -0.3 is 28.4 Å². The molecule has 2 fully saturated rings. The first-order chi connectivity index (χ1) is 20.0. The normalized spacial score (nSPS) is 20.5. The van der Waals surface area contributed by atoms with Gasteiger partial charge in [0.25, 0.3) is 0 Å². The molecule has 7 heteroatoms. The van der Waals surface area contributed by atoms with Crippen LogP contribution in [0.4, 0.5) is 0 Å². The van der Waals surface area contributed by atoms with Crippen LogP contribution in [0.2, 0.25) is 0 Å².